The maximum atomic E-state index is 6.69. The first-order valence-corrected chi connectivity index (χ1v) is 11.3. The van der Waals surface area contributed by atoms with Crippen LogP contribution in [-0.4, -0.2) is 55.0 Å². The molecule has 1 aliphatic rings. The normalized spacial score (nSPS) is 15.6. The van der Waals surface area contributed by atoms with Crippen molar-refractivity contribution in [1.29, 1.82) is 0 Å². The Kier molecular flexibility index (Phi) is 6.56. The molecule has 1 fully saturated rings. The molecule has 0 N–H and O–H groups in total. The second kappa shape index (κ2) is 9.14. The fourth-order valence-electron chi connectivity index (χ4n) is 4.21. The monoisotopic (exact) mass is 433 g/mol. The Labute approximate surface area is 181 Å². The third kappa shape index (κ3) is 4.23. The molecule has 1 aliphatic heterocycles. The summed E-state index contributed by atoms with van der Waals surface area (Å²) < 4.78 is 13.2. The maximum absolute atomic E-state index is 6.69. The number of ether oxygens (including phenoxy) is 2. The van der Waals surface area contributed by atoms with Crippen molar-refractivity contribution in [3.05, 3.63) is 40.0 Å². The van der Waals surface area contributed by atoms with E-state index in [0.717, 1.165) is 67.0 Å². The first-order chi connectivity index (χ1) is 14.1. The van der Waals surface area contributed by atoms with Gasteiger partial charge in [-0.05, 0) is 32.9 Å². The van der Waals surface area contributed by atoms with Gasteiger partial charge in [0.05, 0.1) is 22.8 Å². The Hall–Kier alpha value is -1.44. The van der Waals surface area contributed by atoms with Gasteiger partial charge in [-0.15, -0.1) is 11.3 Å². The highest BCUT2D eigenvalue weighted by molar-refractivity contribution is 7.13. The largest absolute Gasteiger partial charge is 0.383 e. The Balaban J connectivity index is 1.73. The van der Waals surface area contributed by atoms with Gasteiger partial charge in [-0.2, -0.15) is 0 Å². The third-order valence-electron chi connectivity index (χ3n) is 5.65. The average molecular weight is 434 g/mol. The van der Waals surface area contributed by atoms with Crippen LogP contribution in [0.2, 0.25) is 5.02 Å². The molecule has 3 aromatic rings. The summed E-state index contributed by atoms with van der Waals surface area (Å²) in [5.74, 6) is 0. The van der Waals surface area contributed by atoms with Gasteiger partial charge >= 0.3 is 0 Å². The Bertz CT molecular complexity index is 978. The molecule has 1 saturated heterocycles. The lowest BCUT2D eigenvalue weighted by molar-refractivity contribution is 0.0703. The zero-order chi connectivity index (χ0) is 20.4. The van der Waals surface area contributed by atoms with Crippen LogP contribution >= 0.6 is 22.9 Å². The van der Waals surface area contributed by atoms with E-state index < -0.39 is 0 Å². The number of benzene rings is 1. The maximum Gasteiger partial charge on any atom is 0.126 e. The molecular formula is C22H28ClN3O2S. The first kappa shape index (κ1) is 20.8. The molecule has 0 bridgehead atoms. The molecule has 5 nitrogen and oxygen atoms in total. The van der Waals surface area contributed by atoms with Crippen LogP contribution in [-0.2, 0) is 16.0 Å². The summed E-state index contributed by atoms with van der Waals surface area (Å²) in [5.41, 5.74) is 4.68. The molecule has 3 heterocycles. The molecule has 29 heavy (non-hydrogen) atoms. The lowest BCUT2D eigenvalue weighted by atomic mass is 10.1. The number of hydrogen-bond donors (Lipinski definition) is 0. The molecule has 0 atom stereocenters. The van der Waals surface area contributed by atoms with Crippen LogP contribution in [0.15, 0.2) is 23.6 Å². The minimum absolute atomic E-state index is 0.416. The zero-order valence-electron chi connectivity index (χ0n) is 17.3. The smallest absolute Gasteiger partial charge is 0.126 e. The molecular weight excluding hydrogens is 406 g/mol. The molecule has 4 rings (SSSR count). The van der Waals surface area contributed by atoms with E-state index >= 15 is 0 Å². The van der Waals surface area contributed by atoms with Gasteiger partial charge in [0.2, 0.25) is 0 Å². The SMILES string of the molecule is COCCN(C)Cc1csc(-c2c(C)n(C3CCOCC3)c3c(Cl)cccc23)n1. The van der Waals surface area contributed by atoms with Crippen molar-refractivity contribution in [2.24, 2.45) is 0 Å². The van der Waals surface area contributed by atoms with Gasteiger partial charge in [0.25, 0.3) is 0 Å². The lowest BCUT2D eigenvalue weighted by Gasteiger charge is -2.26. The number of rotatable bonds is 7. The van der Waals surface area contributed by atoms with E-state index in [0.29, 0.717) is 6.04 Å². The first-order valence-electron chi connectivity index (χ1n) is 10.1. The van der Waals surface area contributed by atoms with Crippen molar-refractivity contribution in [3.8, 4) is 10.6 Å². The van der Waals surface area contributed by atoms with Crippen LogP contribution < -0.4 is 0 Å². The summed E-state index contributed by atoms with van der Waals surface area (Å²) in [7, 11) is 3.83. The summed E-state index contributed by atoms with van der Waals surface area (Å²) in [6.45, 7) is 6.24. The van der Waals surface area contributed by atoms with Gasteiger partial charge in [-0.1, -0.05) is 23.7 Å². The molecule has 2 aromatic heterocycles. The number of para-hydroxylation sites is 1. The molecule has 0 amide bonds. The van der Waals surface area contributed by atoms with E-state index in [1.54, 1.807) is 18.4 Å². The van der Waals surface area contributed by atoms with E-state index in [1.807, 2.05) is 12.1 Å². The average Bonchev–Trinajstić information content (AvgIpc) is 3.29. The number of thiazole rings is 1. The highest BCUT2D eigenvalue weighted by Gasteiger charge is 2.25. The van der Waals surface area contributed by atoms with Gasteiger partial charge in [0, 0.05) is 61.5 Å². The van der Waals surface area contributed by atoms with E-state index in [2.05, 4.69) is 34.9 Å². The van der Waals surface area contributed by atoms with Crippen molar-refractivity contribution in [2.45, 2.75) is 32.4 Å². The van der Waals surface area contributed by atoms with Crippen LogP contribution in [0, 0.1) is 6.92 Å². The van der Waals surface area contributed by atoms with E-state index in [4.69, 9.17) is 26.1 Å². The van der Waals surface area contributed by atoms with Gasteiger partial charge in [0.15, 0.2) is 0 Å². The predicted octanol–water partition coefficient (Wildman–Crippen LogP) is 5.16. The van der Waals surface area contributed by atoms with Crippen molar-refractivity contribution in [1.82, 2.24) is 14.5 Å². The van der Waals surface area contributed by atoms with Crippen molar-refractivity contribution < 1.29 is 9.47 Å². The van der Waals surface area contributed by atoms with Gasteiger partial charge < -0.3 is 14.0 Å². The number of likely N-dealkylation sites (N-methyl/N-ethyl adjacent to an activating group) is 1. The molecule has 0 spiro atoms. The lowest BCUT2D eigenvalue weighted by Crippen LogP contribution is -2.22. The van der Waals surface area contributed by atoms with E-state index in [1.165, 1.54) is 16.6 Å². The van der Waals surface area contributed by atoms with Gasteiger partial charge in [0.1, 0.15) is 5.01 Å². The van der Waals surface area contributed by atoms with E-state index in [9.17, 15) is 0 Å². The fourth-order valence-corrected chi connectivity index (χ4v) is 5.40. The molecule has 0 unspecified atom stereocenters. The molecule has 1 aromatic carbocycles. The number of nitrogens with zero attached hydrogens (tertiary/aromatic N) is 3. The second-order valence-corrected chi connectivity index (χ2v) is 8.95. The van der Waals surface area contributed by atoms with Crippen LogP contribution in [0.3, 0.4) is 0 Å². The van der Waals surface area contributed by atoms with Crippen molar-refractivity contribution in [2.75, 3.05) is 40.5 Å². The Morgan fingerprint density at radius 1 is 1.34 bits per heavy atom. The molecule has 0 saturated carbocycles. The summed E-state index contributed by atoms with van der Waals surface area (Å²) in [6.07, 6.45) is 2.03. The van der Waals surface area contributed by atoms with Crippen molar-refractivity contribution >= 4 is 33.8 Å². The Morgan fingerprint density at radius 2 is 2.14 bits per heavy atom. The quantitative estimate of drug-likeness (QED) is 0.516. The fraction of sp³-hybridized carbons (Fsp3) is 0.500. The second-order valence-electron chi connectivity index (χ2n) is 7.68. The summed E-state index contributed by atoms with van der Waals surface area (Å²) in [4.78, 5) is 7.22. The summed E-state index contributed by atoms with van der Waals surface area (Å²) in [5, 5.41) is 5.23. The molecule has 7 heteroatoms. The zero-order valence-corrected chi connectivity index (χ0v) is 18.9. The van der Waals surface area contributed by atoms with E-state index in [-0.39, 0.29) is 0 Å². The highest BCUT2D eigenvalue weighted by atomic mass is 35.5. The third-order valence-corrected chi connectivity index (χ3v) is 6.86. The molecule has 0 aliphatic carbocycles. The number of hydrogen-bond acceptors (Lipinski definition) is 5. The standard InChI is InChI=1S/C22H28ClN3O2S/c1-15-20(22-24-16(14-29-22)13-25(2)9-12-27-3)18-5-4-6-19(23)21(18)26(15)17-7-10-28-11-8-17/h4-6,14,17H,7-13H2,1-3H3. The van der Waals surface area contributed by atoms with Crippen LogP contribution in [0.5, 0.6) is 0 Å². The minimum Gasteiger partial charge on any atom is -0.383 e. The molecule has 156 valence electrons. The van der Waals surface area contributed by atoms with Gasteiger partial charge in [-0.3, -0.25) is 4.90 Å². The summed E-state index contributed by atoms with van der Waals surface area (Å²) in [6, 6.07) is 6.61. The van der Waals surface area contributed by atoms with Crippen LogP contribution in [0.25, 0.3) is 21.5 Å². The van der Waals surface area contributed by atoms with Crippen molar-refractivity contribution in [3.63, 3.8) is 0 Å². The number of methoxy groups -OCH3 is 1. The highest BCUT2D eigenvalue weighted by Crippen LogP contribution is 2.42. The molecule has 0 radical (unpaired) electrons. The topological polar surface area (TPSA) is 39.5 Å². The van der Waals surface area contributed by atoms with Crippen LogP contribution in [0.4, 0.5) is 0 Å². The number of aromatic nitrogens is 2. The number of halogens is 1. The number of fused-ring (bicyclic) bond motifs is 1. The van der Waals surface area contributed by atoms with Crippen LogP contribution in [0.1, 0.15) is 30.3 Å². The minimum atomic E-state index is 0.416. The predicted molar refractivity (Wildman–Crippen MR) is 120 cm³/mol. The van der Waals surface area contributed by atoms with Gasteiger partial charge in [-0.25, -0.2) is 4.98 Å². The Morgan fingerprint density at radius 3 is 2.90 bits per heavy atom. The summed E-state index contributed by atoms with van der Waals surface area (Å²) >= 11 is 8.40.